The number of pyridine rings is 1. The summed E-state index contributed by atoms with van der Waals surface area (Å²) < 4.78 is 6.58. The number of carbonyl (C=O) groups is 1. The molecule has 0 saturated heterocycles. The first-order valence-corrected chi connectivity index (χ1v) is 8.71. The molecule has 1 aliphatic rings. The zero-order chi connectivity index (χ0) is 18.1. The summed E-state index contributed by atoms with van der Waals surface area (Å²) in [6, 6.07) is 10.9. The molecule has 26 heavy (non-hydrogen) atoms. The van der Waals surface area contributed by atoms with Crippen LogP contribution in [0, 0.1) is 0 Å². The molecule has 0 saturated carbocycles. The molecule has 0 unspecified atom stereocenters. The Morgan fingerprint density at radius 3 is 2.81 bits per heavy atom. The number of hydrogen-bond donors (Lipinski definition) is 1. The average Bonchev–Trinajstić information content (AvgIpc) is 3.04. The first kappa shape index (κ1) is 16.3. The molecule has 2 N–H and O–H groups in total. The first-order valence-electron chi connectivity index (χ1n) is 8.71. The van der Waals surface area contributed by atoms with Gasteiger partial charge in [0.1, 0.15) is 5.75 Å². The average molecular weight is 348 g/mol. The minimum absolute atomic E-state index is 0.292. The SMILES string of the molecule is COc1ccccc1C(=O)n1nc(N)c2ccc(C3=CCCCC3)nc21. The van der Waals surface area contributed by atoms with E-state index in [0.717, 1.165) is 25.0 Å². The normalized spacial score (nSPS) is 14.3. The van der Waals surface area contributed by atoms with Crippen LogP contribution >= 0.6 is 0 Å². The van der Waals surface area contributed by atoms with E-state index >= 15 is 0 Å². The quantitative estimate of drug-likeness (QED) is 0.781. The fourth-order valence-electron chi connectivity index (χ4n) is 3.35. The highest BCUT2D eigenvalue weighted by molar-refractivity contribution is 6.04. The summed E-state index contributed by atoms with van der Waals surface area (Å²) in [7, 11) is 1.54. The molecule has 0 atom stereocenters. The number of nitrogen functional groups attached to an aromatic ring is 1. The number of rotatable bonds is 3. The van der Waals surface area contributed by atoms with E-state index in [9.17, 15) is 4.79 Å². The fraction of sp³-hybridized carbons (Fsp3) is 0.250. The lowest BCUT2D eigenvalue weighted by Gasteiger charge is -2.12. The summed E-state index contributed by atoms with van der Waals surface area (Å²) in [6.45, 7) is 0. The fourth-order valence-corrected chi connectivity index (χ4v) is 3.35. The van der Waals surface area contributed by atoms with Crippen LogP contribution in [-0.2, 0) is 0 Å². The topological polar surface area (TPSA) is 83.0 Å². The van der Waals surface area contributed by atoms with E-state index in [-0.39, 0.29) is 5.91 Å². The van der Waals surface area contributed by atoms with Crippen LogP contribution in [0.5, 0.6) is 5.75 Å². The van der Waals surface area contributed by atoms with Crippen molar-refractivity contribution in [1.29, 1.82) is 0 Å². The first-order chi connectivity index (χ1) is 12.7. The number of allylic oxidation sites excluding steroid dienone is 2. The summed E-state index contributed by atoms with van der Waals surface area (Å²) >= 11 is 0. The third kappa shape index (κ3) is 2.73. The number of nitrogens with zero attached hydrogens (tertiary/aromatic N) is 3. The number of anilines is 1. The Balaban J connectivity index is 1.84. The third-order valence-electron chi connectivity index (χ3n) is 4.71. The Labute approximate surface area is 151 Å². The third-order valence-corrected chi connectivity index (χ3v) is 4.71. The number of fused-ring (bicyclic) bond motifs is 1. The van der Waals surface area contributed by atoms with Crippen molar-refractivity contribution in [2.45, 2.75) is 25.7 Å². The zero-order valence-corrected chi connectivity index (χ0v) is 14.6. The van der Waals surface area contributed by atoms with Gasteiger partial charge in [0.15, 0.2) is 11.5 Å². The Morgan fingerprint density at radius 1 is 1.19 bits per heavy atom. The van der Waals surface area contributed by atoms with Crippen molar-refractivity contribution in [2.75, 3.05) is 12.8 Å². The van der Waals surface area contributed by atoms with Crippen LogP contribution in [0.15, 0.2) is 42.5 Å². The van der Waals surface area contributed by atoms with Gasteiger partial charge in [0.25, 0.3) is 5.91 Å². The molecule has 0 amide bonds. The second-order valence-electron chi connectivity index (χ2n) is 6.35. The van der Waals surface area contributed by atoms with Gasteiger partial charge in [-0.1, -0.05) is 18.2 Å². The maximum atomic E-state index is 13.1. The van der Waals surface area contributed by atoms with E-state index in [4.69, 9.17) is 15.5 Å². The maximum Gasteiger partial charge on any atom is 0.283 e. The van der Waals surface area contributed by atoms with E-state index in [1.807, 2.05) is 18.2 Å². The molecule has 0 bridgehead atoms. The van der Waals surface area contributed by atoms with Crippen LogP contribution in [0.3, 0.4) is 0 Å². The number of para-hydroxylation sites is 1. The number of benzene rings is 1. The minimum Gasteiger partial charge on any atom is -0.496 e. The van der Waals surface area contributed by atoms with Crippen molar-refractivity contribution in [3.8, 4) is 5.75 Å². The minimum atomic E-state index is -0.313. The molecule has 1 aromatic carbocycles. The second-order valence-corrected chi connectivity index (χ2v) is 6.35. The summed E-state index contributed by atoms with van der Waals surface area (Å²) in [5, 5.41) is 4.91. The molecule has 0 fully saturated rings. The Morgan fingerprint density at radius 2 is 2.04 bits per heavy atom. The molecule has 0 aliphatic heterocycles. The molecule has 2 aromatic heterocycles. The number of nitrogens with two attached hydrogens (primary N) is 1. The van der Waals surface area contributed by atoms with Crippen molar-refractivity contribution in [3.63, 3.8) is 0 Å². The lowest BCUT2D eigenvalue weighted by molar-refractivity contribution is 0.0947. The Bertz CT molecular complexity index is 1020. The highest BCUT2D eigenvalue weighted by atomic mass is 16.5. The van der Waals surface area contributed by atoms with E-state index in [0.29, 0.717) is 28.2 Å². The van der Waals surface area contributed by atoms with Crippen LogP contribution < -0.4 is 10.5 Å². The van der Waals surface area contributed by atoms with Gasteiger partial charge in [0.05, 0.1) is 23.8 Å². The molecular formula is C20H20N4O2. The molecule has 0 radical (unpaired) electrons. The van der Waals surface area contributed by atoms with Gasteiger partial charge >= 0.3 is 0 Å². The van der Waals surface area contributed by atoms with Gasteiger partial charge in [-0.15, -0.1) is 5.10 Å². The second kappa shape index (κ2) is 6.63. The van der Waals surface area contributed by atoms with Crippen molar-refractivity contribution >= 4 is 28.3 Å². The van der Waals surface area contributed by atoms with E-state index < -0.39 is 0 Å². The van der Waals surface area contributed by atoms with E-state index in [1.165, 1.54) is 23.8 Å². The van der Waals surface area contributed by atoms with Gasteiger partial charge in [-0.3, -0.25) is 4.79 Å². The van der Waals surface area contributed by atoms with Gasteiger partial charge in [0, 0.05) is 0 Å². The number of hydrogen-bond acceptors (Lipinski definition) is 5. The highest BCUT2D eigenvalue weighted by Crippen LogP contribution is 2.29. The van der Waals surface area contributed by atoms with Gasteiger partial charge in [-0.05, 0) is 55.5 Å². The molecule has 1 aliphatic carbocycles. The van der Waals surface area contributed by atoms with Crippen molar-refractivity contribution in [2.24, 2.45) is 0 Å². The van der Waals surface area contributed by atoms with Crippen molar-refractivity contribution in [3.05, 3.63) is 53.7 Å². The Hall–Kier alpha value is -3.15. The summed E-state index contributed by atoms with van der Waals surface area (Å²) in [4.78, 5) is 17.8. The lowest BCUT2D eigenvalue weighted by Crippen LogP contribution is -2.15. The maximum absolute atomic E-state index is 13.1. The molecule has 132 valence electrons. The molecule has 2 heterocycles. The molecule has 6 nitrogen and oxygen atoms in total. The number of aromatic nitrogens is 3. The van der Waals surface area contributed by atoms with Crippen molar-refractivity contribution < 1.29 is 9.53 Å². The van der Waals surface area contributed by atoms with Crippen LogP contribution in [-0.4, -0.2) is 27.8 Å². The number of ether oxygens (including phenoxy) is 1. The monoisotopic (exact) mass is 348 g/mol. The smallest absolute Gasteiger partial charge is 0.283 e. The van der Waals surface area contributed by atoms with Crippen LogP contribution in [0.2, 0.25) is 0 Å². The van der Waals surface area contributed by atoms with Gasteiger partial charge in [-0.2, -0.15) is 4.68 Å². The molecule has 6 heteroatoms. The predicted molar refractivity (Wildman–Crippen MR) is 101 cm³/mol. The number of methoxy groups -OCH3 is 1. The summed E-state index contributed by atoms with van der Waals surface area (Å²) in [5.74, 6) is 0.470. The Kier molecular flexibility index (Phi) is 4.16. The highest BCUT2D eigenvalue weighted by Gasteiger charge is 2.21. The zero-order valence-electron chi connectivity index (χ0n) is 14.6. The van der Waals surface area contributed by atoms with Crippen LogP contribution in [0.25, 0.3) is 16.6 Å². The van der Waals surface area contributed by atoms with Crippen LogP contribution in [0.4, 0.5) is 5.82 Å². The molecular weight excluding hydrogens is 328 g/mol. The predicted octanol–water partition coefficient (Wildman–Crippen LogP) is 3.67. The molecule has 0 spiro atoms. The summed E-state index contributed by atoms with van der Waals surface area (Å²) in [6.07, 6.45) is 6.67. The van der Waals surface area contributed by atoms with E-state index in [1.54, 1.807) is 18.2 Å². The standard InChI is InChI=1S/C20H20N4O2/c1-26-17-10-6-5-9-14(17)20(25)24-19-15(18(21)23-24)11-12-16(22-19)13-7-3-2-4-8-13/h5-7,9-12H,2-4,8H2,1H3,(H2,21,23). The van der Waals surface area contributed by atoms with Crippen molar-refractivity contribution in [1.82, 2.24) is 14.8 Å². The van der Waals surface area contributed by atoms with Crippen LogP contribution in [0.1, 0.15) is 41.7 Å². The van der Waals surface area contributed by atoms with Gasteiger partial charge in [-0.25, -0.2) is 4.98 Å². The van der Waals surface area contributed by atoms with Gasteiger partial charge in [0.2, 0.25) is 0 Å². The molecule has 3 aromatic rings. The van der Waals surface area contributed by atoms with Gasteiger partial charge < -0.3 is 10.5 Å². The number of carbonyl (C=O) groups excluding carboxylic acids is 1. The lowest BCUT2D eigenvalue weighted by atomic mass is 9.97. The largest absolute Gasteiger partial charge is 0.496 e. The summed E-state index contributed by atoms with van der Waals surface area (Å²) in [5.41, 5.74) is 9.01. The van der Waals surface area contributed by atoms with E-state index in [2.05, 4.69) is 11.2 Å². The molecule has 4 rings (SSSR count).